The van der Waals surface area contributed by atoms with Crippen molar-refractivity contribution >= 4 is 38.6 Å². The van der Waals surface area contributed by atoms with Crippen molar-refractivity contribution in [3.05, 3.63) is 33.8 Å². The molecule has 2 heterocycles. The number of pyridine rings is 2. The number of hydrogen-bond acceptors (Lipinski definition) is 2. The lowest BCUT2D eigenvalue weighted by Crippen LogP contribution is -1.88. The molecule has 5 heteroatoms. The third-order valence-corrected chi connectivity index (χ3v) is 2.43. The third-order valence-electron chi connectivity index (χ3n) is 1.57. The SMILES string of the molecule is Fc1cc2nccc(Cl)c2nc1Br. The summed E-state index contributed by atoms with van der Waals surface area (Å²) in [4.78, 5) is 7.86. The van der Waals surface area contributed by atoms with Gasteiger partial charge in [-0.3, -0.25) is 4.98 Å². The Morgan fingerprint density at radius 3 is 3.00 bits per heavy atom. The van der Waals surface area contributed by atoms with Gasteiger partial charge in [0.25, 0.3) is 0 Å². The van der Waals surface area contributed by atoms with Gasteiger partial charge in [-0.25, -0.2) is 9.37 Å². The van der Waals surface area contributed by atoms with Crippen molar-refractivity contribution in [3.8, 4) is 0 Å². The van der Waals surface area contributed by atoms with E-state index in [4.69, 9.17) is 11.6 Å². The molecule has 0 spiro atoms. The van der Waals surface area contributed by atoms with Crippen LogP contribution in [0.5, 0.6) is 0 Å². The molecule has 2 rings (SSSR count). The van der Waals surface area contributed by atoms with Crippen LogP contribution in [0.1, 0.15) is 0 Å². The van der Waals surface area contributed by atoms with E-state index in [1.807, 2.05) is 0 Å². The highest BCUT2D eigenvalue weighted by Crippen LogP contribution is 2.23. The quantitative estimate of drug-likeness (QED) is 0.681. The number of hydrogen-bond donors (Lipinski definition) is 0. The van der Waals surface area contributed by atoms with E-state index in [0.717, 1.165) is 0 Å². The van der Waals surface area contributed by atoms with Gasteiger partial charge in [0.05, 0.1) is 10.5 Å². The summed E-state index contributed by atoms with van der Waals surface area (Å²) in [5, 5.41) is 0.464. The Kier molecular flexibility index (Phi) is 2.17. The molecule has 0 aliphatic carbocycles. The van der Waals surface area contributed by atoms with E-state index in [0.29, 0.717) is 16.1 Å². The molecule has 0 aliphatic heterocycles. The summed E-state index contributed by atoms with van der Waals surface area (Å²) in [7, 11) is 0. The van der Waals surface area contributed by atoms with Crippen LogP contribution in [-0.4, -0.2) is 9.97 Å². The molecule has 2 aromatic rings. The Morgan fingerprint density at radius 1 is 1.46 bits per heavy atom. The van der Waals surface area contributed by atoms with Crippen LogP contribution in [0.4, 0.5) is 4.39 Å². The number of halogens is 3. The number of rotatable bonds is 0. The lowest BCUT2D eigenvalue weighted by molar-refractivity contribution is 0.615. The molecule has 13 heavy (non-hydrogen) atoms. The van der Waals surface area contributed by atoms with Gasteiger partial charge in [0, 0.05) is 12.3 Å². The average Bonchev–Trinajstić information content (AvgIpc) is 2.09. The first-order valence-corrected chi connectivity index (χ1v) is 4.62. The molecule has 0 atom stereocenters. The molecule has 0 amide bonds. The van der Waals surface area contributed by atoms with Gasteiger partial charge in [-0.2, -0.15) is 0 Å². The second kappa shape index (κ2) is 3.20. The molecule has 0 saturated heterocycles. The Bertz CT molecular complexity index is 475. The van der Waals surface area contributed by atoms with E-state index in [1.54, 1.807) is 6.07 Å². The molecule has 2 aromatic heterocycles. The lowest BCUT2D eigenvalue weighted by Gasteiger charge is -1.99. The molecular formula is C8H3BrClFN2. The molecule has 0 aliphatic rings. The maximum Gasteiger partial charge on any atom is 0.158 e. The Hall–Kier alpha value is -0.740. The minimum Gasteiger partial charge on any atom is -0.254 e. The summed E-state index contributed by atoms with van der Waals surface area (Å²) < 4.78 is 13.1. The topological polar surface area (TPSA) is 25.8 Å². The van der Waals surface area contributed by atoms with Gasteiger partial charge >= 0.3 is 0 Å². The smallest absolute Gasteiger partial charge is 0.158 e. The molecule has 0 fully saturated rings. The Balaban J connectivity index is 2.89. The fraction of sp³-hybridized carbons (Fsp3) is 0. The average molecular weight is 261 g/mol. The molecular weight excluding hydrogens is 258 g/mol. The molecule has 0 radical (unpaired) electrons. The van der Waals surface area contributed by atoms with E-state index >= 15 is 0 Å². The first-order chi connectivity index (χ1) is 6.18. The summed E-state index contributed by atoms with van der Waals surface area (Å²) in [6.45, 7) is 0. The Morgan fingerprint density at radius 2 is 2.23 bits per heavy atom. The van der Waals surface area contributed by atoms with E-state index in [1.165, 1.54) is 12.3 Å². The van der Waals surface area contributed by atoms with Crippen molar-refractivity contribution in [2.75, 3.05) is 0 Å². The monoisotopic (exact) mass is 260 g/mol. The van der Waals surface area contributed by atoms with Gasteiger partial charge in [0.2, 0.25) is 0 Å². The maximum absolute atomic E-state index is 13.0. The predicted molar refractivity (Wildman–Crippen MR) is 52.2 cm³/mol. The maximum atomic E-state index is 13.0. The van der Waals surface area contributed by atoms with Crippen LogP contribution in [0.2, 0.25) is 5.02 Å². The van der Waals surface area contributed by atoms with Crippen molar-refractivity contribution in [1.82, 2.24) is 9.97 Å². The Labute approximate surface area is 86.9 Å². The van der Waals surface area contributed by atoms with E-state index in [2.05, 4.69) is 25.9 Å². The van der Waals surface area contributed by atoms with Crippen LogP contribution in [0, 0.1) is 5.82 Å². The van der Waals surface area contributed by atoms with Crippen molar-refractivity contribution in [2.24, 2.45) is 0 Å². The van der Waals surface area contributed by atoms with Gasteiger partial charge in [-0.15, -0.1) is 0 Å². The highest BCUT2D eigenvalue weighted by molar-refractivity contribution is 9.10. The summed E-state index contributed by atoms with van der Waals surface area (Å²) >= 11 is 8.81. The molecule has 0 aromatic carbocycles. The van der Waals surface area contributed by atoms with Gasteiger partial charge in [0.1, 0.15) is 10.1 Å². The summed E-state index contributed by atoms with van der Waals surface area (Å²) in [6.07, 6.45) is 1.51. The van der Waals surface area contributed by atoms with Gasteiger partial charge in [-0.05, 0) is 22.0 Å². The second-order valence-electron chi connectivity index (χ2n) is 2.42. The number of nitrogens with zero attached hydrogens (tertiary/aromatic N) is 2. The molecule has 2 nitrogen and oxygen atoms in total. The number of fused-ring (bicyclic) bond motifs is 1. The normalized spacial score (nSPS) is 10.7. The molecule has 0 saturated carbocycles. The summed E-state index contributed by atoms with van der Waals surface area (Å²) in [6, 6.07) is 2.90. The molecule has 0 bridgehead atoms. The predicted octanol–water partition coefficient (Wildman–Crippen LogP) is 3.18. The van der Waals surface area contributed by atoms with Crippen LogP contribution >= 0.6 is 27.5 Å². The van der Waals surface area contributed by atoms with Crippen LogP contribution in [0.15, 0.2) is 22.9 Å². The minimum absolute atomic E-state index is 0.148. The fourth-order valence-electron chi connectivity index (χ4n) is 0.993. The van der Waals surface area contributed by atoms with Gasteiger partial charge in [0.15, 0.2) is 5.82 Å². The van der Waals surface area contributed by atoms with E-state index in [9.17, 15) is 4.39 Å². The van der Waals surface area contributed by atoms with Crippen molar-refractivity contribution in [1.29, 1.82) is 0 Å². The first kappa shape index (κ1) is 8.84. The van der Waals surface area contributed by atoms with E-state index in [-0.39, 0.29) is 4.60 Å². The van der Waals surface area contributed by atoms with Crippen LogP contribution in [0.25, 0.3) is 11.0 Å². The summed E-state index contributed by atoms with van der Waals surface area (Å²) in [5.74, 6) is -0.442. The van der Waals surface area contributed by atoms with Crippen molar-refractivity contribution < 1.29 is 4.39 Å². The zero-order chi connectivity index (χ0) is 9.42. The number of aromatic nitrogens is 2. The lowest BCUT2D eigenvalue weighted by atomic mass is 10.3. The second-order valence-corrected chi connectivity index (χ2v) is 3.58. The first-order valence-electron chi connectivity index (χ1n) is 3.45. The van der Waals surface area contributed by atoms with Gasteiger partial charge in [-0.1, -0.05) is 11.6 Å². The third kappa shape index (κ3) is 1.51. The highest BCUT2D eigenvalue weighted by atomic mass is 79.9. The van der Waals surface area contributed by atoms with Crippen molar-refractivity contribution in [2.45, 2.75) is 0 Å². The van der Waals surface area contributed by atoms with Crippen LogP contribution < -0.4 is 0 Å². The zero-order valence-corrected chi connectivity index (χ0v) is 8.60. The van der Waals surface area contributed by atoms with Gasteiger partial charge < -0.3 is 0 Å². The standard InChI is InChI=1S/C8H3BrClFN2/c9-8-5(11)3-6-7(13-8)4(10)1-2-12-6/h1-3H. The molecule has 0 N–H and O–H groups in total. The van der Waals surface area contributed by atoms with Crippen LogP contribution in [0.3, 0.4) is 0 Å². The zero-order valence-electron chi connectivity index (χ0n) is 6.26. The minimum atomic E-state index is -0.442. The molecule has 66 valence electrons. The summed E-state index contributed by atoms with van der Waals surface area (Å²) in [5.41, 5.74) is 0.950. The fourth-order valence-corrected chi connectivity index (χ4v) is 1.48. The van der Waals surface area contributed by atoms with E-state index < -0.39 is 5.82 Å². The largest absolute Gasteiger partial charge is 0.254 e. The highest BCUT2D eigenvalue weighted by Gasteiger charge is 2.06. The van der Waals surface area contributed by atoms with Crippen LogP contribution in [-0.2, 0) is 0 Å². The molecule has 0 unspecified atom stereocenters. The van der Waals surface area contributed by atoms with Crippen molar-refractivity contribution in [3.63, 3.8) is 0 Å².